The van der Waals surface area contributed by atoms with E-state index in [0.29, 0.717) is 0 Å². The fraction of sp³-hybridized carbons (Fsp3) is 0.467. The maximum absolute atomic E-state index is 6.05. The van der Waals surface area contributed by atoms with Crippen molar-refractivity contribution in [3.8, 4) is 10.6 Å². The second-order valence-corrected chi connectivity index (χ2v) is 7.52. The van der Waals surface area contributed by atoms with Crippen molar-refractivity contribution < 1.29 is 9.31 Å². The highest BCUT2D eigenvalue weighted by atomic mass is 32.1. The van der Waals surface area contributed by atoms with E-state index >= 15 is 0 Å². The van der Waals surface area contributed by atoms with E-state index < -0.39 is 0 Å². The molecule has 0 atom stereocenters. The van der Waals surface area contributed by atoms with Crippen molar-refractivity contribution in [2.45, 2.75) is 45.8 Å². The van der Waals surface area contributed by atoms with Crippen LogP contribution < -0.4 is 5.46 Å². The molecule has 2 heterocycles. The molecule has 0 aliphatic carbocycles. The average molecular weight is 302 g/mol. The standard InChI is InChI=1S/C15H19BN2O2S/c1-10-17-18-13(21-10)11-6-8-12(9-7-11)16-19-14(2,3)15(4,5)20-16/h6-9H,1-5H3. The molecule has 1 aliphatic heterocycles. The van der Waals surface area contributed by atoms with Gasteiger partial charge in [0.15, 0.2) is 0 Å². The predicted octanol–water partition coefficient (Wildman–Crippen LogP) is 2.81. The Kier molecular flexibility index (Phi) is 3.43. The minimum Gasteiger partial charge on any atom is -0.399 e. The molecule has 1 aromatic heterocycles. The monoisotopic (exact) mass is 302 g/mol. The van der Waals surface area contributed by atoms with Crippen LogP contribution in [0.3, 0.4) is 0 Å². The van der Waals surface area contributed by atoms with Gasteiger partial charge in [0.05, 0.1) is 11.2 Å². The lowest BCUT2D eigenvalue weighted by Crippen LogP contribution is -2.41. The second kappa shape index (κ2) is 4.90. The van der Waals surface area contributed by atoms with Crippen LogP contribution in [-0.4, -0.2) is 28.5 Å². The van der Waals surface area contributed by atoms with E-state index in [4.69, 9.17) is 9.31 Å². The van der Waals surface area contributed by atoms with Gasteiger partial charge in [-0.2, -0.15) is 0 Å². The zero-order chi connectivity index (χ0) is 15.3. The van der Waals surface area contributed by atoms with Gasteiger partial charge in [-0.1, -0.05) is 35.6 Å². The van der Waals surface area contributed by atoms with Crippen molar-refractivity contribution in [2.75, 3.05) is 0 Å². The van der Waals surface area contributed by atoms with Gasteiger partial charge in [0.25, 0.3) is 0 Å². The van der Waals surface area contributed by atoms with E-state index in [1.807, 2.05) is 31.2 Å². The smallest absolute Gasteiger partial charge is 0.399 e. The van der Waals surface area contributed by atoms with Gasteiger partial charge in [-0.25, -0.2) is 0 Å². The summed E-state index contributed by atoms with van der Waals surface area (Å²) in [7, 11) is -0.319. The summed E-state index contributed by atoms with van der Waals surface area (Å²) in [4.78, 5) is 0. The molecule has 0 unspecified atom stereocenters. The summed E-state index contributed by atoms with van der Waals surface area (Å²) in [5.41, 5.74) is 1.47. The van der Waals surface area contributed by atoms with Crippen molar-refractivity contribution in [3.63, 3.8) is 0 Å². The molecular weight excluding hydrogens is 283 g/mol. The summed E-state index contributed by atoms with van der Waals surface area (Å²) in [6, 6.07) is 8.16. The molecule has 1 aliphatic rings. The highest BCUT2D eigenvalue weighted by molar-refractivity contribution is 7.14. The molecule has 4 nitrogen and oxygen atoms in total. The molecule has 0 saturated carbocycles. The van der Waals surface area contributed by atoms with Crippen LogP contribution >= 0.6 is 11.3 Å². The van der Waals surface area contributed by atoms with Crippen LogP contribution in [0.4, 0.5) is 0 Å². The highest BCUT2D eigenvalue weighted by Crippen LogP contribution is 2.36. The van der Waals surface area contributed by atoms with Crippen LogP contribution in [0.1, 0.15) is 32.7 Å². The third kappa shape index (κ3) is 2.63. The van der Waals surface area contributed by atoms with Gasteiger partial charge >= 0.3 is 7.12 Å². The maximum atomic E-state index is 6.05. The van der Waals surface area contributed by atoms with Gasteiger partial charge in [-0.15, -0.1) is 10.2 Å². The summed E-state index contributed by atoms with van der Waals surface area (Å²) < 4.78 is 12.1. The number of hydrogen-bond acceptors (Lipinski definition) is 5. The Morgan fingerprint density at radius 2 is 1.52 bits per heavy atom. The fourth-order valence-corrected chi connectivity index (χ4v) is 2.87. The maximum Gasteiger partial charge on any atom is 0.494 e. The van der Waals surface area contributed by atoms with Gasteiger partial charge in [-0.05, 0) is 40.1 Å². The molecule has 110 valence electrons. The summed E-state index contributed by atoms with van der Waals surface area (Å²) >= 11 is 1.59. The summed E-state index contributed by atoms with van der Waals surface area (Å²) in [6.45, 7) is 10.2. The number of hydrogen-bond donors (Lipinski definition) is 0. The first-order chi connectivity index (χ1) is 9.78. The predicted molar refractivity (Wildman–Crippen MR) is 85.8 cm³/mol. The molecular formula is C15H19BN2O2S. The first-order valence-corrected chi connectivity index (χ1v) is 7.86. The van der Waals surface area contributed by atoms with Crippen LogP contribution in [0.2, 0.25) is 0 Å². The first kappa shape index (κ1) is 14.7. The Balaban J connectivity index is 1.83. The van der Waals surface area contributed by atoms with E-state index in [2.05, 4.69) is 37.9 Å². The number of rotatable bonds is 2. The zero-order valence-corrected chi connectivity index (χ0v) is 13.8. The molecule has 21 heavy (non-hydrogen) atoms. The van der Waals surface area contributed by atoms with Gasteiger partial charge in [-0.3, -0.25) is 0 Å². The van der Waals surface area contributed by atoms with Crippen molar-refractivity contribution >= 4 is 23.9 Å². The SMILES string of the molecule is Cc1nnc(-c2ccc(B3OC(C)(C)C(C)(C)O3)cc2)s1. The summed E-state index contributed by atoms with van der Waals surface area (Å²) in [6.07, 6.45) is 0. The van der Waals surface area contributed by atoms with Gasteiger partial charge < -0.3 is 9.31 Å². The van der Waals surface area contributed by atoms with E-state index in [0.717, 1.165) is 21.0 Å². The van der Waals surface area contributed by atoms with Crippen molar-refractivity contribution in [1.82, 2.24) is 10.2 Å². The van der Waals surface area contributed by atoms with Crippen LogP contribution in [0.25, 0.3) is 10.6 Å². The molecule has 0 bridgehead atoms. The highest BCUT2D eigenvalue weighted by Gasteiger charge is 2.51. The Labute approximate surface area is 129 Å². The van der Waals surface area contributed by atoms with E-state index in [-0.39, 0.29) is 18.3 Å². The average Bonchev–Trinajstić information content (AvgIpc) is 2.92. The summed E-state index contributed by atoms with van der Waals surface area (Å²) in [5, 5.41) is 10.1. The van der Waals surface area contributed by atoms with E-state index in [9.17, 15) is 0 Å². The molecule has 0 N–H and O–H groups in total. The van der Waals surface area contributed by atoms with Crippen molar-refractivity contribution in [2.24, 2.45) is 0 Å². The lowest BCUT2D eigenvalue weighted by Gasteiger charge is -2.32. The Morgan fingerprint density at radius 1 is 0.952 bits per heavy atom. The number of benzene rings is 1. The third-order valence-corrected chi connectivity index (χ3v) is 5.10. The van der Waals surface area contributed by atoms with Crippen molar-refractivity contribution in [3.05, 3.63) is 29.3 Å². The topological polar surface area (TPSA) is 44.2 Å². The molecule has 1 aromatic carbocycles. The minimum atomic E-state index is -0.319. The second-order valence-electron chi connectivity index (χ2n) is 6.34. The molecule has 1 saturated heterocycles. The summed E-state index contributed by atoms with van der Waals surface area (Å²) in [5.74, 6) is 0. The third-order valence-electron chi connectivity index (χ3n) is 4.21. The quantitative estimate of drug-likeness (QED) is 0.800. The van der Waals surface area contributed by atoms with Gasteiger partial charge in [0.1, 0.15) is 10.0 Å². The van der Waals surface area contributed by atoms with Gasteiger partial charge in [0, 0.05) is 5.56 Å². The lowest BCUT2D eigenvalue weighted by molar-refractivity contribution is 0.00578. The molecule has 1 fully saturated rings. The zero-order valence-electron chi connectivity index (χ0n) is 13.0. The van der Waals surface area contributed by atoms with Crippen LogP contribution in [0, 0.1) is 6.92 Å². The van der Waals surface area contributed by atoms with Gasteiger partial charge in [0.2, 0.25) is 0 Å². The lowest BCUT2D eigenvalue weighted by atomic mass is 9.79. The molecule has 3 rings (SSSR count). The number of aryl methyl sites for hydroxylation is 1. The molecule has 0 spiro atoms. The van der Waals surface area contributed by atoms with Crippen molar-refractivity contribution in [1.29, 1.82) is 0 Å². The molecule has 0 radical (unpaired) electrons. The fourth-order valence-electron chi connectivity index (χ4n) is 2.18. The Hall–Kier alpha value is -1.24. The van der Waals surface area contributed by atoms with Crippen LogP contribution in [0.5, 0.6) is 0 Å². The minimum absolute atomic E-state index is 0.313. The molecule has 2 aromatic rings. The molecule has 6 heteroatoms. The normalized spacial score (nSPS) is 20.0. The van der Waals surface area contributed by atoms with E-state index in [1.54, 1.807) is 11.3 Å². The Morgan fingerprint density at radius 3 is 2.00 bits per heavy atom. The number of nitrogens with zero attached hydrogens (tertiary/aromatic N) is 2. The molecule has 0 amide bonds. The van der Waals surface area contributed by atoms with Crippen LogP contribution in [-0.2, 0) is 9.31 Å². The first-order valence-electron chi connectivity index (χ1n) is 7.05. The Bertz CT molecular complexity index is 636. The van der Waals surface area contributed by atoms with E-state index in [1.165, 1.54) is 0 Å². The number of aromatic nitrogens is 2. The van der Waals surface area contributed by atoms with Crippen LogP contribution in [0.15, 0.2) is 24.3 Å². The largest absolute Gasteiger partial charge is 0.494 e.